The highest BCUT2D eigenvalue weighted by Gasteiger charge is 2.24. The molecule has 0 bridgehead atoms. The molecule has 36 heavy (non-hydrogen) atoms. The quantitative estimate of drug-likeness (QED) is 0.476. The lowest BCUT2D eigenvalue weighted by atomic mass is 10.0. The Balaban J connectivity index is 1.04. The molecule has 1 atom stereocenters. The van der Waals surface area contributed by atoms with Crippen LogP contribution in [-0.4, -0.2) is 56.1 Å². The maximum atomic E-state index is 13.1. The van der Waals surface area contributed by atoms with Crippen molar-refractivity contribution in [1.29, 1.82) is 0 Å². The number of hydrogen-bond donors (Lipinski definition) is 1. The average Bonchev–Trinajstić information content (AvgIpc) is 3.14. The molecule has 6 heteroatoms. The summed E-state index contributed by atoms with van der Waals surface area (Å²) in [6.07, 6.45) is 2.58. The average molecular weight is 488 g/mol. The van der Waals surface area contributed by atoms with Crippen LogP contribution in [0, 0.1) is 5.82 Å². The molecule has 0 amide bonds. The van der Waals surface area contributed by atoms with Crippen molar-refractivity contribution < 1.29 is 13.9 Å². The van der Waals surface area contributed by atoms with Gasteiger partial charge in [0.2, 0.25) is 0 Å². The number of carbonyl (C=O) groups excluding carboxylic acids is 1. The van der Waals surface area contributed by atoms with E-state index < -0.39 is 0 Å². The maximum Gasteiger partial charge on any atom is 0.173 e. The second-order valence-corrected chi connectivity index (χ2v) is 9.69. The van der Waals surface area contributed by atoms with E-state index in [0.717, 1.165) is 69.1 Å². The summed E-state index contributed by atoms with van der Waals surface area (Å²) in [5, 5.41) is 3.35. The Bertz CT molecular complexity index is 1140. The predicted molar refractivity (Wildman–Crippen MR) is 143 cm³/mol. The number of ketones is 1. The number of rotatable bonds is 8. The van der Waals surface area contributed by atoms with E-state index >= 15 is 0 Å². The Morgan fingerprint density at radius 3 is 2.36 bits per heavy atom. The monoisotopic (exact) mass is 487 g/mol. The first kappa shape index (κ1) is 24.3. The number of hydrogen-bond acceptors (Lipinski definition) is 5. The number of nitrogens with zero attached hydrogens (tertiary/aromatic N) is 2. The first-order chi connectivity index (χ1) is 17.6. The third-order valence-electron chi connectivity index (χ3n) is 7.13. The van der Waals surface area contributed by atoms with Crippen molar-refractivity contribution in [3.8, 4) is 5.75 Å². The third-order valence-corrected chi connectivity index (χ3v) is 7.13. The minimum atomic E-state index is -0.357. The number of nitrogens with one attached hydrogen (secondary N) is 1. The highest BCUT2D eigenvalue weighted by Crippen LogP contribution is 2.28. The van der Waals surface area contributed by atoms with E-state index in [1.807, 2.05) is 36.4 Å². The zero-order valence-corrected chi connectivity index (χ0v) is 20.7. The summed E-state index contributed by atoms with van der Waals surface area (Å²) in [5.41, 5.74) is 4.55. The van der Waals surface area contributed by atoms with E-state index in [1.54, 1.807) is 0 Å². The SMILES string of the molecule is O=C(CCCN1CCN(c2ccc(Cc3ccc(F)cc3)cc2)CC1)C1CCNc2ccccc2O1. The van der Waals surface area contributed by atoms with Crippen LogP contribution in [0.25, 0.3) is 0 Å². The molecule has 1 saturated heterocycles. The fourth-order valence-electron chi connectivity index (χ4n) is 5.02. The summed E-state index contributed by atoms with van der Waals surface area (Å²) in [6, 6.07) is 23.3. The number of carbonyl (C=O) groups is 1. The summed E-state index contributed by atoms with van der Waals surface area (Å²) in [6.45, 7) is 5.67. The molecule has 2 aliphatic rings. The summed E-state index contributed by atoms with van der Waals surface area (Å²) in [7, 11) is 0. The van der Waals surface area contributed by atoms with Gasteiger partial charge in [0.05, 0.1) is 5.69 Å². The largest absolute Gasteiger partial charge is 0.480 e. The Kier molecular flexibility index (Phi) is 7.82. The Labute approximate surface area is 212 Å². The van der Waals surface area contributed by atoms with Gasteiger partial charge in [-0.1, -0.05) is 36.4 Å². The van der Waals surface area contributed by atoms with Crippen LogP contribution in [-0.2, 0) is 11.2 Å². The summed E-state index contributed by atoms with van der Waals surface area (Å²) < 4.78 is 19.1. The van der Waals surface area contributed by atoms with E-state index in [2.05, 4.69) is 39.4 Å². The fraction of sp³-hybridized carbons (Fsp3) is 0.367. The third kappa shape index (κ3) is 6.24. The number of ether oxygens (including phenoxy) is 1. The normalized spacial score (nSPS) is 18.0. The lowest BCUT2D eigenvalue weighted by Crippen LogP contribution is -2.46. The van der Waals surface area contributed by atoms with Crippen molar-refractivity contribution in [3.63, 3.8) is 0 Å². The summed E-state index contributed by atoms with van der Waals surface area (Å²) in [4.78, 5) is 17.7. The molecule has 0 spiro atoms. The number of Topliss-reactive ketones (excluding diaryl/α,β-unsaturated/α-hetero) is 1. The molecule has 3 aromatic rings. The molecule has 188 valence electrons. The molecule has 1 N–H and O–H groups in total. The molecule has 2 aliphatic heterocycles. The van der Waals surface area contributed by atoms with Crippen LogP contribution in [0.1, 0.15) is 30.4 Å². The Morgan fingerprint density at radius 1 is 0.917 bits per heavy atom. The smallest absolute Gasteiger partial charge is 0.173 e. The fourth-order valence-corrected chi connectivity index (χ4v) is 5.02. The molecular weight excluding hydrogens is 453 g/mol. The van der Waals surface area contributed by atoms with Gasteiger partial charge in [0.1, 0.15) is 11.6 Å². The van der Waals surface area contributed by atoms with Gasteiger partial charge in [0, 0.05) is 51.3 Å². The Morgan fingerprint density at radius 2 is 1.61 bits per heavy atom. The number of fused-ring (bicyclic) bond motifs is 1. The molecule has 5 nitrogen and oxygen atoms in total. The van der Waals surface area contributed by atoms with Crippen LogP contribution in [0.2, 0.25) is 0 Å². The standard InChI is InChI=1S/C30H34FN3O2/c31-25-11-7-23(8-12-25)22-24-9-13-26(14-10-24)34-20-18-33(19-21-34)17-3-5-28(35)30-15-16-32-27-4-1-2-6-29(27)36-30/h1-2,4,6-14,30,32H,3,5,15-22H2. The van der Waals surface area contributed by atoms with E-state index in [0.29, 0.717) is 12.8 Å². The summed E-state index contributed by atoms with van der Waals surface area (Å²) in [5.74, 6) is 0.776. The minimum absolute atomic E-state index is 0.197. The highest BCUT2D eigenvalue weighted by atomic mass is 19.1. The van der Waals surface area contributed by atoms with Crippen LogP contribution in [0.3, 0.4) is 0 Å². The van der Waals surface area contributed by atoms with Crippen molar-refractivity contribution >= 4 is 17.2 Å². The molecule has 0 radical (unpaired) electrons. The second-order valence-electron chi connectivity index (χ2n) is 9.69. The van der Waals surface area contributed by atoms with Gasteiger partial charge in [-0.3, -0.25) is 9.69 Å². The lowest BCUT2D eigenvalue weighted by molar-refractivity contribution is -0.126. The zero-order valence-electron chi connectivity index (χ0n) is 20.7. The number of anilines is 2. The lowest BCUT2D eigenvalue weighted by Gasteiger charge is -2.36. The molecule has 1 fully saturated rings. The number of halogens is 1. The maximum absolute atomic E-state index is 13.1. The highest BCUT2D eigenvalue weighted by molar-refractivity contribution is 5.84. The number of benzene rings is 3. The second kappa shape index (κ2) is 11.6. The molecule has 0 saturated carbocycles. The van der Waals surface area contributed by atoms with E-state index in [1.165, 1.54) is 23.4 Å². The number of para-hydroxylation sites is 2. The predicted octanol–water partition coefficient (Wildman–Crippen LogP) is 5.15. The van der Waals surface area contributed by atoms with Crippen molar-refractivity contribution in [2.24, 2.45) is 0 Å². The van der Waals surface area contributed by atoms with Crippen molar-refractivity contribution in [2.75, 3.05) is 49.5 Å². The van der Waals surface area contributed by atoms with E-state index in [-0.39, 0.29) is 17.7 Å². The van der Waals surface area contributed by atoms with E-state index in [4.69, 9.17) is 4.74 Å². The van der Waals surface area contributed by atoms with Gasteiger partial charge in [-0.05, 0) is 66.9 Å². The van der Waals surface area contributed by atoms with Crippen LogP contribution in [0.4, 0.5) is 15.8 Å². The minimum Gasteiger partial charge on any atom is -0.480 e. The van der Waals surface area contributed by atoms with Crippen LogP contribution >= 0.6 is 0 Å². The van der Waals surface area contributed by atoms with Crippen molar-refractivity contribution in [1.82, 2.24) is 4.90 Å². The molecule has 1 unspecified atom stereocenters. The van der Waals surface area contributed by atoms with E-state index in [9.17, 15) is 9.18 Å². The molecule has 2 heterocycles. The van der Waals surface area contributed by atoms with Gasteiger partial charge in [-0.2, -0.15) is 0 Å². The van der Waals surface area contributed by atoms with Gasteiger partial charge in [-0.25, -0.2) is 4.39 Å². The molecule has 0 aliphatic carbocycles. The van der Waals surface area contributed by atoms with Crippen LogP contribution in [0.15, 0.2) is 72.8 Å². The molecule has 5 rings (SSSR count). The van der Waals surface area contributed by atoms with Gasteiger partial charge >= 0.3 is 0 Å². The Hall–Kier alpha value is -3.38. The molecule has 3 aromatic carbocycles. The number of piperazine rings is 1. The summed E-state index contributed by atoms with van der Waals surface area (Å²) >= 11 is 0. The van der Waals surface area contributed by atoms with Gasteiger partial charge in [-0.15, -0.1) is 0 Å². The first-order valence-corrected chi connectivity index (χ1v) is 13.0. The van der Waals surface area contributed by atoms with Crippen LogP contribution < -0.4 is 15.0 Å². The zero-order chi connectivity index (χ0) is 24.7. The van der Waals surface area contributed by atoms with Gasteiger partial charge in [0.25, 0.3) is 0 Å². The van der Waals surface area contributed by atoms with Crippen molar-refractivity contribution in [3.05, 3.63) is 89.7 Å². The van der Waals surface area contributed by atoms with Gasteiger partial charge in [0.15, 0.2) is 11.9 Å². The van der Waals surface area contributed by atoms with Crippen LogP contribution in [0.5, 0.6) is 5.75 Å². The van der Waals surface area contributed by atoms with Gasteiger partial charge < -0.3 is 15.0 Å². The first-order valence-electron chi connectivity index (χ1n) is 13.0. The molecular formula is C30H34FN3O2. The topological polar surface area (TPSA) is 44.8 Å². The molecule has 0 aromatic heterocycles. The van der Waals surface area contributed by atoms with Crippen molar-refractivity contribution in [2.45, 2.75) is 31.8 Å².